The van der Waals surface area contributed by atoms with Crippen molar-refractivity contribution in [2.45, 2.75) is 50.0 Å². The summed E-state index contributed by atoms with van der Waals surface area (Å²) in [5.74, 6) is 3.97. The lowest BCUT2D eigenvalue weighted by atomic mass is 9.76. The van der Waals surface area contributed by atoms with Crippen LogP contribution in [-0.2, 0) is 9.53 Å². The first-order valence-corrected chi connectivity index (χ1v) is 13.2. The van der Waals surface area contributed by atoms with E-state index in [0.717, 1.165) is 0 Å². The van der Waals surface area contributed by atoms with Crippen LogP contribution in [0.1, 0.15) is 20.3 Å². The number of aliphatic hydroxyl groups is 3. The monoisotopic (exact) mass is 565 g/mol. The second kappa shape index (κ2) is 10.8. The highest BCUT2D eigenvalue weighted by Gasteiger charge is 2.65. The third-order valence-corrected chi connectivity index (χ3v) is 7.76. The molecule has 5 rings (SSSR count). The minimum atomic E-state index is -2.62. The molecule has 1 fully saturated rings. The molecule has 2 aromatic carbocycles. The van der Waals surface area contributed by atoms with Gasteiger partial charge in [-0.1, -0.05) is 37.8 Å². The average molecular weight is 566 g/mol. The summed E-state index contributed by atoms with van der Waals surface area (Å²) in [6, 6.07) is 10.3. The molecule has 0 unspecified atom stereocenters. The fourth-order valence-corrected chi connectivity index (χ4v) is 5.16. The number of rotatable bonds is 5. The molecule has 3 aromatic rings. The zero-order valence-electron chi connectivity index (χ0n) is 22.4. The second-order valence-electron chi connectivity index (χ2n) is 10.8. The minimum absolute atomic E-state index is 0.0316. The van der Waals surface area contributed by atoms with Gasteiger partial charge in [0.05, 0.1) is 10.9 Å². The molecule has 2 aliphatic heterocycles. The highest BCUT2D eigenvalue weighted by atomic mass is 16.7. The molecule has 1 saturated heterocycles. The number of phenolic OH excluding ortho intramolecular Hbond substituents is 1. The van der Waals surface area contributed by atoms with Crippen LogP contribution in [-0.4, -0.2) is 74.3 Å². The van der Waals surface area contributed by atoms with Crippen molar-refractivity contribution in [1.82, 2.24) is 5.32 Å². The Morgan fingerprint density at radius 1 is 1.17 bits per heavy atom. The van der Waals surface area contributed by atoms with E-state index in [1.54, 1.807) is 12.1 Å². The molecule has 0 saturated carbocycles. The van der Waals surface area contributed by atoms with Crippen LogP contribution in [0, 0.1) is 23.7 Å². The Kier molecular flexibility index (Phi) is 7.54. The van der Waals surface area contributed by atoms with Crippen LogP contribution >= 0.6 is 0 Å². The van der Waals surface area contributed by atoms with Crippen molar-refractivity contribution < 1.29 is 44.2 Å². The van der Waals surface area contributed by atoms with Gasteiger partial charge >= 0.3 is 5.97 Å². The number of aliphatic carboxylic acids is 1. The van der Waals surface area contributed by atoms with E-state index in [1.165, 1.54) is 36.6 Å². The first kappa shape index (κ1) is 28.6. The largest absolute Gasteiger partial charge is 0.508 e. The maximum atomic E-state index is 13.1. The van der Waals surface area contributed by atoms with Gasteiger partial charge in [0.2, 0.25) is 12.4 Å². The fourth-order valence-electron chi connectivity index (χ4n) is 5.16. The summed E-state index contributed by atoms with van der Waals surface area (Å²) in [4.78, 5) is 25.3. The minimum Gasteiger partial charge on any atom is -0.508 e. The predicted molar refractivity (Wildman–Crippen MR) is 146 cm³/mol. The Morgan fingerprint density at radius 3 is 2.59 bits per heavy atom. The summed E-state index contributed by atoms with van der Waals surface area (Å²) in [6.07, 6.45) is -4.29. The lowest BCUT2D eigenvalue weighted by Gasteiger charge is -2.50. The van der Waals surface area contributed by atoms with Gasteiger partial charge in [-0.25, -0.2) is 4.79 Å². The van der Waals surface area contributed by atoms with Gasteiger partial charge in [-0.15, -0.1) is 0 Å². The molecule has 6 N–H and O–H groups in total. The standard InChI is InChI=1S/C30H31NO10/c1-16(2)18-4-3-11-29(37)25(26(34)35)41-28(30(38,27(29)36)15-31-13-18)40-20-9-10-21-23(12-20)39-14-22(24(21)33)17-5-7-19(32)8-6-17/h5-10,12,14,16,18,25,27-28,31-32,36-38H,4,13,15H2,1-2H3,(H,34,35)/t18-,25+,27-,28+,29+,30+/m0/s1. The second-order valence-corrected chi connectivity index (χ2v) is 10.8. The quantitative estimate of drug-likeness (QED) is 0.247. The molecule has 2 bridgehead atoms. The van der Waals surface area contributed by atoms with Gasteiger partial charge in [0.1, 0.15) is 29.4 Å². The van der Waals surface area contributed by atoms with Crippen LogP contribution in [0.5, 0.6) is 11.5 Å². The van der Waals surface area contributed by atoms with Gasteiger partial charge < -0.3 is 44.7 Å². The molecular formula is C30H31NO10. The molecule has 1 aromatic heterocycles. The van der Waals surface area contributed by atoms with Crippen molar-refractivity contribution in [3.05, 3.63) is 59.0 Å². The van der Waals surface area contributed by atoms with Crippen LogP contribution in [0.3, 0.4) is 0 Å². The van der Waals surface area contributed by atoms with Crippen molar-refractivity contribution >= 4 is 16.9 Å². The molecule has 2 aliphatic rings. The number of aromatic hydroxyl groups is 1. The summed E-state index contributed by atoms with van der Waals surface area (Å²) < 4.78 is 17.1. The van der Waals surface area contributed by atoms with E-state index >= 15 is 0 Å². The smallest absolute Gasteiger partial charge is 0.337 e. The molecule has 11 nitrogen and oxygen atoms in total. The van der Waals surface area contributed by atoms with Crippen molar-refractivity contribution in [3.8, 4) is 34.5 Å². The molecule has 0 radical (unpaired) electrons. The molecular weight excluding hydrogens is 534 g/mol. The molecule has 6 atom stereocenters. The van der Waals surface area contributed by atoms with Crippen molar-refractivity contribution in [2.75, 3.05) is 13.1 Å². The lowest BCUT2D eigenvalue weighted by molar-refractivity contribution is -0.328. The Labute approximate surface area is 235 Å². The van der Waals surface area contributed by atoms with E-state index in [4.69, 9.17) is 13.9 Å². The number of carbonyl (C=O) groups is 1. The topological polar surface area (TPSA) is 179 Å². The van der Waals surface area contributed by atoms with Gasteiger partial charge in [0.25, 0.3) is 0 Å². The van der Waals surface area contributed by atoms with E-state index < -0.39 is 35.7 Å². The molecule has 11 heteroatoms. The zero-order valence-corrected chi connectivity index (χ0v) is 22.4. The Bertz CT molecular complexity index is 1570. The van der Waals surface area contributed by atoms with E-state index in [9.17, 15) is 35.1 Å². The maximum Gasteiger partial charge on any atom is 0.337 e. The zero-order chi connectivity index (χ0) is 29.5. The van der Waals surface area contributed by atoms with E-state index in [1.807, 2.05) is 13.8 Å². The average Bonchev–Trinajstić information content (AvgIpc) is 2.93. The van der Waals surface area contributed by atoms with Crippen LogP contribution in [0.15, 0.2) is 57.9 Å². The highest BCUT2D eigenvalue weighted by molar-refractivity contribution is 5.82. The number of β-amino-alcohol motifs (C(OH)–C–C–N with tert-alkyl or cyclic N) is 1. The normalized spacial score (nSPS) is 29.9. The van der Waals surface area contributed by atoms with Crippen molar-refractivity contribution in [1.29, 1.82) is 0 Å². The molecule has 0 aliphatic carbocycles. The number of nitrogens with one attached hydrogen (secondary N) is 1. The van der Waals surface area contributed by atoms with E-state index in [2.05, 4.69) is 17.2 Å². The number of benzene rings is 2. The van der Waals surface area contributed by atoms with Crippen LogP contribution in [0.2, 0.25) is 0 Å². The Balaban J connectivity index is 1.50. The third kappa shape index (κ3) is 5.16. The SMILES string of the molecule is CC(C)[C@H]1CC#C[C@@]2(O)[C@@H](C(=O)O)O[C@@H](Oc3ccc4c(=O)c(-c5ccc(O)cc5)coc4c3)[C@@](O)(CNC1)[C@H]2O. The summed E-state index contributed by atoms with van der Waals surface area (Å²) in [5.41, 5.74) is -4.33. The number of carboxylic acid groups (broad SMARTS) is 1. The number of fused-ring (bicyclic) bond motifs is 3. The Hall–Kier alpha value is -3.92. The first-order valence-electron chi connectivity index (χ1n) is 13.2. The van der Waals surface area contributed by atoms with Crippen LogP contribution < -0.4 is 15.5 Å². The predicted octanol–water partition coefficient (Wildman–Crippen LogP) is 1.45. The van der Waals surface area contributed by atoms with Crippen LogP contribution in [0.4, 0.5) is 0 Å². The highest BCUT2D eigenvalue weighted by Crippen LogP contribution is 2.38. The molecule has 216 valence electrons. The van der Waals surface area contributed by atoms with E-state index in [-0.39, 0.29) is 51.8 Å². The Morgan fingerprint density at radius 2 is 1.90 bits per heavy atom. The summed E-state index contributed by atoms with van der Waals surface area (Å²) in [5, 5.41) is 56.8. The molecule has 0 amide bonds. The first-order chi connectivity index (χ1) is 19.4. The lowest BCUT2D eigenvalue weighted by Crippen LogP contribution is -2.76. The van der Waals surface area contributed by atoms with Gasteiger partial charge in [-0.05, 0) is 48.2 Å². The number of ether oxygens (including phenoxy) is 2. The number of phenols is 1. The number of aliphatic hydroxyl groups excluding tert-OH is 1. The van der Waals surface area contributed by atoms with Crippen LogP contribution in [0.25, 0.3) is 22.1 Å². The fraction of sp³-hybridized carbons (Fsp3) is 0.400. The van der Waals surface area contributed by atoms with E-state index in [0.29, 0.717) is 18.5 Å². The summed E-state index contributed by atoms with van der Waals surface area (Å²) >= 11 is 0. The van der Waals surface area contributed by atoms with Gasteiger partial charge in [-0.3, -0.25) is 4.79 Å². The van der Waals surface area contributed by atoms with Crippen molar-refractivity contribution in [3.63, 3.8) is 0 Å². The molecule has 3 heterocycles. The third-order valence-electron chi connectivity index (χ3n) is 7.76. The number of hydrogen-bond acceptors (Lipinski definition) is 10. The molecule has 0 spiro atoms. The number of carboxylic acids is 1. The van der Waals surface area contributed by atoms with Crippen molar-refractivity contribution in [2.24, 2.45) is 11.8 Å². The molecule has 41 heavy (non-hydrogen) atoms. The van der Waals surface area contributed by atoms with Gasteiger partial charge in [0, 0.05) is 19.0 Å². The number of hydrogen-bond donors (Lipinski definition) is 6. The maximum absolute atomic E-state index is 13.1. The van der Waals surface area contributed by atoms with Gasteiger partial charge in [0.15, 0.2) is 16.6 Å². The summed E-state index contributed by atoms with van der Waals surface area (Å²) in [7, 11) is 0. The van der Waals surface area contributed by atoms with Gasteiger partial charge in [-0.2, -0.15) is 0 Å². The summed E-state index contributed by atoms with van der Waals surface area (Å²) in [6.45, 7) is 4.12.